The van der Waals surface area contributed by atoms with Gasteiger partial charge in [-0.2, -0.15) is 0 Å². The van der Waals surface area contributed by atoms with Gasteiger partial charge in [-0.05, 0) is 12.5 Å². The van der Waals surface area contributed by atoms with Gasteiger partial charge in [0.25, 0.3) is 0 Å². The summed E-state index contributed by atoms with van der Waals surface area (Å²) < 4.78 is 40.1. The third-order valence-corrected chi connectivity index (χ3v) is 1.96. The van der Waals surface area contributed by atoms with Crippen LogP contribution in [-0.2, 0) is 0 Å². The summed E-state index contributed by atoms with van der Waals surface area (Å²) in [6.07, 6.45) is -2.77. The predicted molar refractivity (Wildman–Crippen MR) is 54.9 cm³/mol. The monoisotopic (exact) mass is 231 g/mol. The second-order valence-corrected chi connectivity index (χ2v) is 3.22. The molecule has 0 radical (unpaired) electrons. The van der Waals surface area contributed by atoms with Crippen LogP contribution in [-0.4, -0.2) is 6.36 Å². The van der Waals surface area contributed by atoms with E-state index in [-0.39, 0.29) is 5.75 Å². The zero-order chi connectivity index (χ0) is 12.2. The highest BCUT2D eigenvalue weighted by molar-refractivity contribution is 5.36. The maximum Gasteiger partial charge on any atom is 0.573 e. The van der Waals surface area contributed by atoms with Gasteiger partial charge in [0.1, 0.15) is 5.75 Å². The lowest BCUT2D eigenvalue weighted by Crippen LogP contribution is -2.20. The Hall–Kier alpha value is -1.49. The molecule has 0 saturated heterocycles. The van der Waals surface area contributed by atoms with Crippen LogP contribution in [0.2, 0.25) is 0 Å². The molecule has 1 aromatic rings. The number of ether oxygens (including phenoxy) is 1. The van der Waals surface area contributed by atoms with E-state index >= 15 is 0 Å². The molecule has 2 nitrogen and oxygen atoms in total. The highest BCUT2D eigenvalue weighted by Gasteiger charge is 2.32. The zero-order valence-corrected chi connectivity index (χ0v) is 8.50. The van der Waals surface area contributed by atoms with E-state index in [9.17, 15) is 13.2 Å². The molecule has 0 aliphatic heterocycles. The average Bonchev–Trinajstić information content (AvgIpc) is 2.16. The normalized spacial score (nSPS) is 13.2. The lowest BCUT2D eigenvalue weighted by molar-refractivity contribution is -0.275. The number of hydrogen-bond donors (Lipinski definition) is 1. The summed E-state index contributed by atoms with van der Waals surface area (Å²) >= 11 is 0. The topological polar surface area (TPSA) is 35.2 Å². The molecule has 0 saturated carbocycles. The number of para-hydroxylation sites is 1. The lowest BCUT2D eigenvalue weighted by atomic mass is 10.0. The average molecular weight is 231 g/mol. The van der Waals surface area contributed by atoms with Crippen LogP contribution in [0.1, 0.15) is 18.0 Å². The summed E-state index contributed by atoms with van der Waals surface area (Å²) in [5, 5.41) is 0. The third-order valence-electron chi connectivity index (χ3n) is 1.96. The van der Waals surface area contributed by atoms with Gasteiger partial charge in [0, 0.05) is 11.6 Å². The van der Waals surface area contributed by atoms with Gasteiger partial charge in [-0.1, -0.05) is 24.3 Å². The summed E-state index contributed by atoms with van der Waals surface area (Å²) in [4.78, 5) is 0. The van der Waals surface area contributed by atoms with Gasteiger partial charge in [-0.3, -0.25) is 0 Å². The fraction of sp³-hybridized carbons (Fsp3) is 0.273. The van der Waals surface area contributed by atoms with Crippen LogP contribution in [0.3, 0.4) is 0 Å². The molecular formula is C11H12F3NO. The molecule has 0 amide bonds. The van der Waals surface area contributed by atoms with Crippen molar-refractivity contribution < 1.29 is 17.9 Å². The number of halogens is 3. The summed E-state index contributed by atoms with van der Waals surface area (Å²) in [5.41, 5.74) is 6.03. The molecule has 16 heavy (non-hydrogen) atoms. The standard InChI is InChI=1S/C11H12F3NO/c1-2-5-9(15)8-6-3-4-7-10(8)16-11(12,13)14/h2-4,6-7,9H,1,5,15H2. The van der Waals surface area contributed by atoms with Gasteiger partial charge in [0.05, 0.1) is 0 Å². The Labute approximate surface area is 91.5 Å². The first-order valence-corrected chi connectivity index (χ1v) is 4.65. The number of benzene rings is 1. The zero-order valence-electron chi connectivity index (χ0n) is 8.50. The van der Waals surface area contributed by atoms with Gasteiger partial charge in [-0.15, -0.1) is 19.8 Å². The van der Waals surface area contributed by atoms with Crippen molar-refractivity contribution in [2.75, 3.05) is 0 Å². The van der Waals surface area contributed by atoms with Gasteiger partial charge < -0.3 is 10.5 Å². The Morgan fingerprint density at radius 2 is 2.00 bits per heavy atom. The van der Waals surface area contributed by atoms with Crippen LogP contribution in [0.4, 0.5) is 13.2 Å². The number of hydrogen-bond acceptors (Lipinski definition) is 2. The molecule has 1 rings (SSSR count). The quantitative estimate of drug-likeness (QED) is 0.808. The molecule has 88 valence electrons. The molecule has 0 fully saturated rings. The number of rotatable bonds is 4. The SMILES string of the molecule is C=CCC(N)c1ccccc1OC(F)(F)F. The van der Waals surface area contributed by atoms with Crippen molar-refractivity contribution in [2.24, 2.45) is 5.73 Å². The molecule has 0 aliphatic rings. The van der Waals surface area contributed by atoms with Crippen molar-refractivity contribution >= 4 is 0 Å². The minimum atomic E-state index is -4.70. The maximum atomic E-state index is 12.1. The first-order chi connectivity index (χ1) is 7.44. The van der Waals surface area contributed by atoms with Gasteiger partial charge in [-0.25, -0.2) is 0 Å². The minimum absolute atomic E-state index is 0.260. The van der Waals surface area contributed by atoms with Crippen molar-refractivity contribution in [3.05, 3.63) is 42.5 Å². The highest BCUT2D eigenvalue weighted by atomic mass is 19.4. The van der Waals surface area contributed by atoms with E-state index in [1.165, 1.54) is 18.2 Å². The van der Waals surface area contributed by atoms with Crippen molar-refractivity contribution in [3.8, 4) is 5.75 Å². The van der Waals surface area contributed by atoms with Crippen molar-refractivity contribution in [3.63, 3.8) is 0 Å². The molecule has 2 N–H and O–H groups in total. The maximum absolute atomic E-state index is 12.1. The molecule has 1 atom stereocenters. The van der Waals surface area contributed by atoms with Crippen molar-refractivity contribution in [1.82, 2.24) is 0 Å². The second kappa shape index (κ2) is 5.03. The van der Waals surface area contributed by atoms with Gasteiger partial charge >= 0.3 is 6.36 Å². The Morgan fingerprint density at radius 3 is 2.56 bits per heavy atom. The minimum Gasteiger partial charge on any atom is -0.405 e. The molecule has 0 bridgehead atoms. The Balaban J connectivity index is 2.95. The third kappa shape index (κ3) is 3.58. The van der Waals surface area contributed by atoms with E-state index in [1.807, 2.05) is 0 Å². The smallest absolute Gasteiger partial charge is 0.405 e. The van der Waals surface area contributed by atoms with Crippen LogP contribution >= 0.6 is 0 Å². The van der Waals surface area contributed by atoms with Gasteiger partial charge in [0.15, 0.2) is 0 Å². The summed E-state index contributed by atoms with van der Waals surface area (Å²) in [6, 6.07) is 5.28. The molecule has 0 aliphatic carbocycles. The van der Waals surface area contributed by atoms with E-state index in [0.29, 0.717) is 12.0 Å². The first-order valence-electron chi connectivity index (χ1n) is 4.65. The van der Waals surface area contributed by atoms with Crippen LogP contribution in [0.15, 0.2) is 36.9 Å². The largest absolute Gasteiger partial charge is 0.573 e. The van der Waals surface area contributed by atoms with Crippen LogP contribution < -0.4 is 10.5 Å². The molecule has 1 aromatic carbocycles. The summed E-state index contributed by atoms with van der Waals surface area (Å²) in [7, 11) is 0. The Morgan fingerprint density at radius 1 is 1.38 bits per heavy atom. The predicted octanol–water partition coefficient (Wildman–Crippen LogP) is 3.16. The van der Waals surface area contributed by atoms with E-state index in [2.05, 4.69) is 11.3 Å². The van der Waals surface area contributed by atoms with Crippen LogP contribution in [0.25, 0.3) is 0 Å². The van der Waals surface area contributed by atoms with Gasteiger partial charge in [0.2, 0.25) is 0 Å². The van der Waals surface area contributed by atoms with Crippen molar-refractivity contribution in [1.29, 1.82) is 0 Å². The number of alkyl halides is 3. The molecule has 0 spiro atoms. The molecule has 0 heterocycles. The fourth-order valence-electron chi connectivity index (χ4n) is 1.31. The first kappa shape index (κ1) is 12.6. The molecule has 5 heteroatoms. The molecule has 0 aromatic heterocycles. The van der Waals surface area contributed by atoms with E-state index < -0.39 is 12.4 Å². The lowest BCUT2D eigenvalue weighted by Gasteiger charge is -2.16. The molecular weight excluding hydrogens is 219 g/mol. The van der Waals surface area contributed by atoms with E-state index in [0.717, 1.165) is 0 Å². The second-order valence-electron chi connectivity index (χ2n) is 3.22. The van der Waals surface area contributed by atoms with Crippen LogP contribution in [0, 0.1) is 0 Å². The number of nitrogens with two attached hydrogens (primary N) is 1. The Bertz CT molecular complexity index is 362. The Kier molecular flexibility index (Phi) is 3.95. The van der Waals surface area contributed by atoms with E-state index in [1.54, 1.807) is 12.1 Å². The van der Waals surface area contributed by atoms with E-state index in [4.69, 9.17) is 5.73 Å². The highest BCUT2D eigenvalue weighted by Crippen LogP contribution is 2.30. The molecule has 1 unspecified atom stereocenters. The summed E-state index contributed by atoms with van der Waals surface area (Å²) in [6.45, 7) is 3.49. The van der Waals surface area contributed by atoms with Crippen LogP contribution in [0.5, 0.6) is 5.75 Å². The van der Waals surface area contributed by atoms with Crippen molar-refractivity contribution in [2.45, 2.75) is 18.8 Å². The summed E-state index contributed by atoms with van der Waals surface area (Å²) in [5.74, 6) is -0.260. The fourth-order valence-corrected chi connectivity index (χ4v) is 1.31.